The number of hydrogen-bond acceptors (Lipinski definition) is 7. The number of nitrogen functional groups attached to an aromatic ring is 1. The molecule has 0 spiro atoms. The molecule has 0 aliphatic rings. The van der Waals surface area contributed by atoms with Gasteiger partial charge in [0.05, 0.1) is 17.8 Å². The van der Waals surface area contributed by atoms with Gasteiger partial charge in [-0.1, -0.05) is 23.7 Å². The van der Waals surface area contributed by atoms with Crippen molar-refractivity contribution >= 4 is 35.1 Å². The first-order valence-corrected chi connectivity index (χ1v) is 8.94. The van der Waals surface area contributed by atoms with Gasteiger partial charge in [-0.05, 0) is 30.7 Å². The minimum Gasteiger partial charge on any atom is -0.368 e. The number of halogens is 2. The molecule has 0 radical (unpaired) electrons. The van der Waals surface area contributed by atoms with Crippen LogP contribution in [0.5, 0.6) is 0 Å². The van der Waals surface area contributed by atoms with E-state index in [0.717, 1.165) is 5.56 Å². The lowest BCUT2D eigenvalue weighted by Crippen LogP contribution is -2.15. The van der Waals surface area contributed by atoms with Crippen molar-refractivity contribution in [3.8, 4) is 6.07 Å². The van der Waals surface area contributed by atoms with E-state index in [1.807, 2.05) is 0 Å². The largest absolute Gasteiger partial charge is 0.368 e. The van der Waals surface area contributed by atoms with Crippen molar-refractivity contribution in [2.75, 3.05) is 24.7 Å². The Morgan fingerprint density at radius 3 is 2.59 bits per heavy atom. The molecule has 3 aromatic rings. The summed E-state index contributed by atoms with van der Waals surface area (Å²) >= 11 is 6.50. The first-order chi connectivity index (χ1) is 13.8. The van der Waals surface area contributed by atoms with Crippen molar-refractivity contribution < 1.29 is 4.39 Å². The zero-order valence-electron chi connectivity index (χ0n) is 16.1. The van der Waals surface area contributed by atoms with Gasteiger partial charge in [0.15, 0.2) is 5.82 Å². The Kier molecular flexibility index (Phi) is 5.75. The van der Waals surface area contributed by atoms with E-state index in [2.05, 4.69) is 26.1 Å². The lowest BCUT2D eigenvalue weighted by Gasteiger charge is -2.11. The van der Waals surface area contributed by atoms with Gasteiger partial charge in [-0.2, -0.15) is 25.3 Å². The number of hydrogen-bond donors (Lipinski definition) is 1. The lowest BCUT2D eigenvalue weighted by molar-refractivity contribution is 0.624. The van der Waals surface area contributed by atoms with Crippen molar-refractivity contribution in [3.63, 3.8) is 0 Å². The maximum Gasteiger partial charge on any atom is 0.230 e. The normalized spacial score (nSPS) is 11.4. The van der Waals surface area contributed by atoms with E-state index in [1.54, 1.807) is 48.8 Å². The molecule has 0 bridgehead atoms. The smallest absolute Gasteiger partial charge is 0.230 e. The Balaban J connectivity index is 1.99. The quantitative estimate of drug-likeness (QED) is 0.641. The van der Waals surface area contributed by atoms with Gasteiger partial charge >= 0.3 is 0 Å². The van der Waals surface area contributed by atoms with Crippen LogP contribution in [0.1, 0.15) is 22.6 Å². The summed E-state index contributed by atoms with van der Waals surface area (Å²) in [5.41, 5.74) is 7.95. The van der Waals surface area contributed by atoms with Crippen LogP contribution in [0.4, 0.5) is 16.3 Å². The van der Waals surface area contributed by atoms with E-state index in [4.69, 9.17) is 17.3 Å². The monoisotopic (exact) mass is 412 g/mol. The topological polar surface area (TPSA) is 110 Å². The first kappa shape index (κ1) is 20.2. The Morgan fingerprint density at radius 1 is 1.28 bits per heavy atom. The lowest BCUT2D eigenvalue weighted by atomic mass is 10.1. The molecular formula is C19H18ClFN8. The zero-order chi connectivity index (χ0) is 21.1. The number of aromatic nitrogens is 5. The van der Waals surface area contributed by atoms with E-state index in [1.165, 1.54) is 12.1 Å². The molecule has 0 aliphatic carbocycles. The van der Waals surface area contributed by atoms with Gasteiger partial charge in [0.1, 0.15) is 17.0 Å². The summed E-state index contributed by atoms with van der Waals surface area (Å²) in [6, 6.07) is 8.15. The van der Waals surface area contributed by atoms with E-state index in [9.17, 15) is 9.65 Å². The van der Waals surface area contributed by atoms with Gasteiger partial charge in [-0.15, -0.1) is 0 Å². The molecule has 0 fully saturated rings. The number of aryl methyl sites for hydroxylation is 1. The minimum atomic E-state index is -0.313. The Labute approximate surface area is 172 Å². The number of benzene rings is 1. The number of nitriles is 1. The summed E-state index contributed by atoms with van der Waals surface area (Å²) < 4.78 is 14.7. The maximum atomic E-state index is 13.1. The Hall–Kier alpha value is -3.51. The fourth-order valence-corrected chi connectivity index (χ4v) is 2.88. The van der Waals surface area contributed by atoms with Crippen molar-refractivity contribution in [1.29, 1.82) is 5.26 Å². The number of nitrogens with zero attached hydrogens (tertiary/aromatic N) is 7. The summed E-state index contributed by atoms with van der Waals surface area (Å²) in [5.74, 6) is 0.177. The molecule has 29 heavy (non-hydrogen) atoms. The second-order valence-electron chi connectivity index (χ2n) is 6.46. The van der Waals surface area contributed by atoms with Crippen LogP contribution in [0.15, 0.2) is 24.3 Å². The molecule has 2 N–H and O–H groups in total. The molecule has 8 nitrogen and oxygen atoms in total. The molecule has 2 aromatic heterocycles. The van der Waals surface area contributed by atoms with Crippen molar-refractivity contribution in [2.45, 2.75) is 13.5 Å². The molecule has 1 aromatic carbocycles. The molecule has 0 saturated carbocycles. The number of rotatable bonds is 5. The highest BCUT2D eigenvalue weighted by molar-refractivity contribution is 6.31. The maximum absolute atomic E-state index is 13.1. The summed E-state index contributed by atoms with van der Waals surface area (Å²) in [6.07, 6.45) is 1.57. The van der Waals surface area contributed by atoms with Crippen LogP contribution < -0.4 is 10.6 Å². The van der Waals surface area contributed by atoms with Crippen molar-refractivity contribution in [2.24, 2.45) is 0 Å². The molecule has 0 atom stereocenters. The molecule has 2 heterocycles. The Bertz CT molecular complexity index is 1110. The van der Waals surface area contributed by atoms with E-state index >= 15 is 0 Å². The van der Waals surface area contributed by atoms with Gasteiger partial charge in [0.25, 0.3) is 0 Å². The molecule has 148 valence electrons. The van der Waals surface area contributed by atoms with E-state index < -0.39 is 0 Å². The fourth-order valence-electron chi connectivity index (χ4n) is 2.59. The standard InChI is InChI=1S/C19H18ClFN8/c1-11-15(16(20)29(27-11)10-12-4-6-14(21)7-5-12)8-13(9-22)17-24-18(23)26-19(25-17)28(2)3/h4-8H,10H2,1-3H3,(H2,23,24,25,26)/b13-8+. The highest BCUT2D eigenvalue weighted by Gasteiger charge is 2.16. The predicted octanol–water partition coefficient (Wildman–Crippen LogP) is 2.93. The number of anilines is 2. The molecule has 0 aliphatic heterocycles. The SMILES string of the molecule is Cc1nn(Cc2ccc(F)cc2)c(Cl)c1/C=C(\C#N)c1nc(N)nc(N(C)C)n1. The summed E-state index contributed by atoms with van der Waals surface area (Å²) in [7, 11) is 3.52. The molecular weight excluding hydrogens is 395 g/mol. The van der Waals surface area contributed by atoms with Gasteiger partial charge in [-0.3, -0.25) is 0 Å². The highest BCUT2D eigenvalue weighted by atomic mass is 35.5. The summed E-state index contributed by atoms with van der Waals surface area (Å²) in [4.78, 5) is 14.0. The molecule has 0 saturated heterocycles. The van der Waals surface area contributed by atoms with Crippen LogP contribution >= 0.6 is 11.6 Å². The second-order valence-corrected chi connectivity index (χ2v) is 6.81. The third-order valence-electron chi connectivity index (χ3n) is 4.05. The summed E-state index contributed by atoms with van der Waals surface area (Å²) in [6.45, 7) is 2.14. The highest BCUT2D eigenvalue weighted by Crippen LogP contribution is 2.26. The summed E-state index contributed by atoms with van der Waals surface area (Å²) in [5, 5.41) is 14.4. The third-order valence-corrected chi connectivity index (χ3v) is 4.44. The zero-order valence-corrected chi connectivity index (χ0v) is 16.8. The number of nitrogens with two attached hydrogens (primary N) is 1. The number of allylic oxidation sites excluding steroid dienone is 1. The fraction of sp³-hybridized carbons (Fsp3) is 0.211. The van der Waals surface area contributed by atoms with Crippen molar-refractivity contribution in [1.82, 2.24) is 24.7 Å². The van der Waals surface area contributed by atoms with Crippen LogP contribution in [-0.4, -0.2) is 38.8 Å². The molecule has 3 rings (SSSR count). The van der Waals surface area contributed by atoms with Crippen LogP contribution in [0.2, 0.25) is 5.15 Å². The van der Waals surface area contributed by atoms with E-state index in [0.29, 0.717) is 28.9 Å². The van der Waals surface area contributed by atoms with Crippen LogP contribution in [0.25, 0.3) is 11.6 Å². The van der Waals surface area contributed by atoms with Crippen LogP contribution in [0.3, 0.4) is 0 Å². The van der Waals surface area contributed by atoms with Gasteiger partial charge in [0.2, 0.25) is 11.9 Å². The van der Waals surface area contributed by atoms with Crippen LogP contribution in [-0.2, 0) is 6.54 Å². The molecule has 0 amide bonds. The second kappa shape index (κ2) is 8.24. The third kappa shape index (κ3) is 4.50. The average molecular weight is 413 g/mol. The van der Waals surface area contributed by atoms with Gasteiger partial charge in [-0.25, -0.2) is 9.07 Å². The minimum absolute atomic E-state index is 0.00896. The predicted molar refractivity (Wildman–Crippen MR) is 110 cm³/mol. The van der Waals surface area contributed by atoms with Gasteiger partial charge < -0.3 is 10.6 Å². The van der Waals surface area contributed by atoms with Crippen LogP contribution in [0, 0.1) is 24.1 Å². The van der Waals surface area contributed by atoms with E-state index in [-0.39, 0.29) is 23.2 Å². The molecule has 10 heteroatoms. The van der Waals surface area contributed by atoms with Crippen molar-refractivity contribution in [3.05, 3.63) is 57.9 Å². The molecule has 0 unspecified atom stereocenters. The van der Waals surface area contributed by atoms with Gasteiger partial charge in [0, 0.05) is 19.7 Å². The Morgan fingerprint density at radius 2 is 1.97 bits per heavy atom. The first-order valence-electron chi connectivity index (χ1n) is 8.57. The average Bonchev–Trinajstić information content (AvgIpc) is 2.94.